The van der Waals surface area contributed by atoms with Crippen LogP contribution in [0.25, 0.3) is 0 Å². The molecule has 0 atom stereocenters. The maximum absolute atomic E-state index is 11.9. The number of rotatable bonds is 4. The Labute approximate surface area is 109 Å². The molecule has 1 heterocycles. The fourth-order valence-electron chi connectivity index (χ4n) is 1.69. The van der Waals surface area contributed by atoms with Gasteiger partial charge >= 0.3 is 5.97 Å². The Kier molecular flexibility index (Phi) is 3.61. The van der Waals surface area contributed by atoms with Gasteiger partial charge in [0.25, 0.3) is 5.91 Å². The second kappa shape index (κ2) is 5.34. The molecule has 2 rings (SSSR count). The summed E-state index contributed by atoms with van der Waals surface area (Å²) in [5.41, 5.74) is 0.760. The van der Waals surface area contributed by atoms with Gasteiger partial charge in [-0.3, -0.25) is 9.48 Å². The van der Waals surface area contributed by atoms with Gasteiger partial charge in [0, 0.05) is 19.8 Å². The third-order valence-corrected chi connectivity index (χ3v) is 2.57. The number of amides is 1. The van der Waals surface area contributed by atoms with Crippen LogP contribution in [0.1, 0.15) is 26.4 Å². The van der Waals surface area contributed by atoms with Crippen LogP contribution in [0, 0.1) is 0 Å². The second-order valence-electron chi connectivity index (χ2n) is 4.04. The number of carbonyl (C=O) groups is 2. The molecule has 0 aliphatic heterocycles. The van der Waals surface area contributed by atoms with E-state index in [1.807, 2.05) is 30.3 Å². The Balaban J connectivity index is 2.10. The SMILES string of the molecule is Cn1cc(C(=O)NCc2ccccc2)c(C(=O)O)n1. The molecule has 1 amide bonds. The van der Waals surface area contributed by atoms with Crippen molar-refractivity contribution >= 4 is 11.9 Å². The summed E-state index contributed by atoms with van der Waals surface area (Å²) in [6.07, 6.45) is 1.39. The van der Waals surface area contributed by atoms with Gasteiger partial charge in [-0.15, -0.1) is 0 Å². The zero-order valence-corrected chi connectivity index (χ0v) is 10.3. The maximum atomic E-state index is 11.9. The molecule has 6 nitrogen and oxygen atoms in total. The highest BCUT2D eigenvalue weighted by Crippen LogP contribution is 2.07. The fraction of sp³-hybridized carbons (Fsp3) is 0.154. The number of nitrogens with one attached hydrogen (secondary N) is 1. The van der Waals surface area contributed by atoms with E-state index in [-0.39, 0.29) is 11.3 Å². The summed E-state index contributed by atoms with van der Waals surface area (Å²) >= 11 is 0. The minimum atomic E-state index is -1.22. The van der Waals surface area contributed by atoms with E-state index >= 15 is 0 Å². The fourth-order valence-corrected chi connectivity index (χ4v) is 1.69. The van der Waals surface area contributed by atoms with Crippen LogP contribution in [0.2, 0.25) is 0 Å². The number of benzene rings is 1. The van der Waals surface area contributed by atoms with Crippen molar-refractivity contribution in [3.63, 3.8) is 0 Å². The van der Waals surface area contributed by atoms with Crippen LogP contribution in [0.15, 0.2) is 36.5 Å². The van der Waals surface area contributed by atoms with E-state index in [0.29, 0.717) is 6.54 Å². The molecule has 0 aliphatic carbocycles. The smallest absolute Gasteiger partial charge is 0.357 e. The lowest BCUT2D eigenvalue weighted by atomic mass is 10.2. The van der Waals surface area contributed by atoms with Crippen LogP contribution < -0.4 is 5.32 Å². The highest BCUT2D eigenvalue weighted by Gasteiger charge is 2.20. The van der Waals surface area contributed by atoms with Crippen molar-refractivity contribution in [3.8, 4) is 0 Å². The number of aryl methyl sites for hydroxylation is 1. The molecule has 0 radical (unpaired) electrons. The molecule has 0 aliphatic rings. The summed E-state index contributed by atoms with van der Waals surface area (Å²) in [6, 6.07) is 9.38. The number of nitrogens with zero attached hydrogens (tertiary/aromatic N) is 2. The van der Waals surface area contributed by atoms with Gasteiger partial charge < -0.3 is 10.4 Å². The largest absolute Gasteiger partial charge is 0.476 e. The molecule has 0 saturated heterocycles. The minimum Gasteiger partial charge on any atom is -0.476 e. The van der Waals surface area contributed by atoms with Crippen LogP contribution in [0.4, 0.5) is 0 Å². The molecule has 1 aromatic heterocycles. The molecule has 1 aromatic carbocycles. The van der Waals surface area contributed by atoms with Gasteiger partial charge in [-0.2, -0.15) is 5.10 Å². The first-order valence-corrected chi connectivity index (χ1v) is 5.67. The normalized spacial score (nSPS) is 10.2. The van der Waals surface area contributed by atoms with Crippen LogP contribution in [0.5, 0.6) is 0 Å². The Bertz CT molecular complexity index is 605. The van der Waals surface area contributed by atoms with Crippen molar-refractivity contribution in [1.82, 2.24) is 15.1 Å². The number of hydrogen-bond donors (Lipinski definition) is 2. The standard InChI is InChI=1S/C13H13N3O3/c1-16-8-10(11(15-16)13(18)19)12(17)14-7-9-5-3-2-4-6-9/h2-6,8H,7H2,1H3,(H,14,17)(H,18,19). The summed E-state index contributed by atoms with van der Waals surface area (Å²) in [5.74, 6) is -1.67. The molecule has 98 valence electrons. The molecule has 0 spiro atoms. The quantitative estimate of drug-likeness (QED) is 0.859. The van der Waals surface area contributed by atoms with Crippen LogP contribution >= 0.6 is 0 Å². The average Bonchev–Trinajstić information content (AvgIpc) is 2.79. The zero-order chi connectivity index (χ0) is 13.8. The Morgan fingerprint density at radius 3 is 2.63 bits per heavy atom. The lowest BCUT2D eigenvalue weighted by Gasteiger charge is -2.04. The first-order valence-electron chi connectivity index (χ1n) is 5.67. The Morgan fingerprint density at radius 1 is 1.32 bits per heavy atom. The van der Waals surface area contributed by atoms with Crippen LogP contribution in [-0.2, 0) is 13.6 Å². The van der Waals surface area contributed by atoms with Crippen LogP contribution in [-0.4, -0.2) is 26.8 Å². The van der Waals surface area contributed by atoms with Gasteiger partial charge in [0.1, 0.15) is 0 Å². The molecule has 0 saturated carbocycles. The van der Waals surface area contributed by atoms with E-state index in [2.05, 4.69) is 10.4 Å². The van der Waals surface area contributed by atoms with E-state index in [4.69, 9.17) is 5.11 Å². The zero-order valence-electron chi connectivity index (χ0n) is 10.3. The highest BCUT2D eigenvalue weighted by molar-refractivity contribution is 6.03. The molecule has 0 unspecified atom stereocenters. The molecular formula is C13H13N3O3. The molecule has 2 aromatic rings. The summed E-state index contributed by atoms with van der Waals surface area (Å²) in [5, 5.41) is 15.4. The van der Waals surface area contributed by atoms with Crippen molar-refractivity contribution in [2.24, 2.45) is 7.05 Å². The number of carboxylic acid groups (broad SMARTS) is 1. The first kappa shape index (κ1) is 12.8. The lowest BCUT2D eigenvalue weighted by molar-refractivity contribution is 0.0684. The van der Waals surface area contributed by atoms with Gasteiger partial charge in [0.2, 0.25) is 0 Å². The predicted octanol–water partition coefficient (Wildman–Crippen LogP) is 1.05. The third-order valence-electron chi connectivity index (χ3n) is 2.57. The third kappa shape index (κ3) is 2.98. The van der Waals surface area contributed by atoms with Gasteiger partial charge in [-0.25, -0.2) is 4.79 Å². The van der Waals surface area contributed by atoms with Crippen molar-refractivity contribution in [1.29, 1.82) is 0 Å². The number of aromatic nitrogens is 2. The minimum absolute atomic E-state index is 0.0610. The lowest BCUT2D eigenvalue weighted by Crippen LogP contribution is -2.24. The predicted molar refractivity (Wildman–Crippen MR) is 67.8 cm³/mol. The van der Waals surface area contributed by atoms with Crippen molar-refractivity contribution in [3.05, 3.63) is 53.3 Å². The molecule has 0 fully saturated rings. The Hall–Kier alpha value is -2.63. The van der Waals surface area contributed by atoms with Gasteiger partial charge in [-0.1, -0.05) is 30.3 Å². The van der Waals surface area contributed by atoms with E-state index in [9.17, 15) is 9.59 Å². The second-order valence-corrected chi connectivity index (χ2v) is 4.04. The molecule has 2 N–H and O–H groups in total. The summed E-state index contributed by atoms with van der Waals surface area (Å²) in [6.45, 7) is 0.341. The van der Waals surface area contributed by atoms with E-state index in [1.54, 1.807) is 7.05 Å². The monoisotopic (exact) mass is 259 g/mol. The number of aromatic carboxylic acids is 1. The van der Waals surface area contributed by atoms with E-state index in [0.717, 1.165) is 5.56 Å². The first-order chi connectivity index (χ1) is 9.08. The number of carbonyl (C=O) groups excluding carboxylic acids is 1. The van der Waals surface area contributed by atoms with Gasteiger partial charge in [0.15, 0.2) is 5.69 Å². The summed E-state index contributed by atoms with van der Waals surface area (Å²) < 4.78 is 1.31. The highest BCUT2D eigenvalue weighted by atomic mass is 16.4. The number of carboxylic acids is 1. The van der Waals surface area contributed by atoms with Crippen molar-refractivity contribution in [2.75, 3.05) is 0 Å². The molecule has 6 heteroatoms. The van der Waals surface area contributed by atoms with E-state index in [1.165, 1.54) is 10.9 Å². The number of hydrogen-bond acceptors (Lipinski definition) is 3. The molecule has 0 bridgehead atoms. The van der Waals surface area contributed by atoms with Crippen molar-refractivity contribution < 1.29 is 14.7 Å². The van der Waals surface area contributed by atoms with Gasteiger partial charge in [0.05, 0.1) is 5.56 Å². The van der Waals surface area contributed by atoms with E-state index < -0.39 is 11.9 Å². The van der Waals surface area contributed by atoms with Crippen LogP contribution in [0.3, 0.4) is 0 Å². The molecule has 19 heavy (non-hydrogen) atoms. The summed E-state index contributed by atoms with van der Waals surface area (Å²) in [7, 11) is 1.57. The average molecular weight is 259 g/mol. The topological polar surface area (TPSA) is 84.2 Å². The van der Waals surface area contributed by atoms with Gasteiger partial charge in [-0.05, 0) is 5.56 Å². The summed E-state index contributed by atoms with van der Waals surface area (Å²) in [4.78, 5) is 22.9. The van der Waals surface area contributed by atoms with Crippen molar-refractivity contribution in [2.45, 2.75) is 6.54 Å². The molecular weight excluding hydrogens is 246 g/mol. The maximum Gasteiger partial charge on any atom is 0.357 e. The Morgan fingerprint density at radius 2 is 2.00 bits per heavy atom.